The highest BCUT2D eigenvalue weighted by molar-refractivity contribution is 6.04. The van der Waals surface area contributed by atoms with Gasteiger partial charge in [-0.15, -0.1) is 0 Å². The first-order valence-corrected chi connectivity index (χ1v) is 11.8. The molecule has 0 aliphatic rings. The summed E-state index contributed by atoms with van der Waals surface area (Å²) in [7, 11) is 0. The zero-order valence-corrected chi connectivity index (χ0v) is 19.7. The highest BCUT2D eigenvalue weighted by Crippen LogP contribution is 2.16. The van der Waals surface area contributed by atoms with Crippen LogP contribution in [0.4, 0.5) is 0 Å². The number of carboxylic acids is 2. The standard InChI is InChI=1S/C24H40O8/c1-3-5-7-9-11-13-15-31-21(25)17-19(23(27)28)20(24(29)30)18-22(26)32-16-14-12-10-8-6-4-2/h3-18H2,1-2H3,(H,27,28)(H,29,30). The van der Waals surface area contributed by atoms with Crippen LogP contribution in [0.15, 0.2) is 11.1 Å². The number of carbonyl (C=O) groups is 4. The van der Waals surface area contributed by atoms with Crippen LogP contribution in [0.2, 0.25) is 0 Å². The van der Waals surface area contributed by atoms with Gasteiger partial charge in [-0.1, -0.05) is 78.1 Å². The number of hydrogen-bond donors (Lipinski definition) is 2. The Kier molecular flexibility index (Phi) is 17.9. The van der Waals surface area contributed by atoms with Crippen molar-refractivity contribution in [3.05, 3.63) is 11.1 Å². The predicted octanol–water partition coefficient (Wildman–Crippen LogP) is 5.04. The van der Waals surface area contributed by atoms with E-state index in [0.29, 0.717) is 12.8 Å². The molecule has 2 N–H and O–H groups in total. The molecule has 0 fully saturated rings. The summed E-state index contributed by atoms with van der Waals surface area (Å²) >= 11 is 0. The third-order valence-electron chi connectivity index (χ3n) is 5.04. The van der Waals surface area contributed by atoms with Gasteiger partial charge in [0.1, 0.15) is 0 Å². The monoisotopic (exact) mass is 456 g/mol. The molecule has 0 aromatic rings. The molecule has 0 unspecified atom stereocenters. The number of ether oxygens (including phenoxy) is 2. The Balaban J connectivity index is 4.61. The normalized spacial score (nSPS) is 11.6. The van der Waals surface area contributed by atoms with Gasteiger partial charge in [-0.05, 0) is 12.8 Å². The van der Waals surface area contributed by atoms with Gasteiger partial charge < -0.3 is 19.7 Å². The summed E-state index contributed by atoms with van der Waals surface area (Å²) in [6.45, 7) is 4.55. The van der Waals surface area contributed by atoms with Crippen molar-refractivity contribution in [2.45, 2.75) is 104 Å². The molecule has 0 heterocycles. The maximum Gasteiger partial charge on any atom is 0.332 e. The van der Waals surface area contributed by atoms with Crippen molar-refractivity contribution in [3.8, 4) is 0 Å². The van der Waals surface area contributed by atoms with Gasteiger partial charge in [0.05, 0.1) is 37.2 Å². The fraction of sp³-hybridized carbons (Fsp3) is 0.750. The van der Waals surface area contributed by atoms with E-state index in [1.807, 2.05) is 0 Å². The van der Waals surface area contributed by atoms with E-state index >= 15 is 0 Å². The van der Waals surface area contributed by atoms with Gasteiger partial charge in [0.2, 0.25) is 0 Å². The van der Waals surface area contributed by atoms with Crippen LogP contribution >= 0.6 is 0 Å². The quantitative estimate of drug-likeness (QED) is 0.148. The Morgan fingerprint density at radius 2 is 0.844 bits per heavy atom. The Labute approximate surface area is 191 Å². The lowest BCUT2D eigenvalue weighted by molar-refractivity contribution is -0.146. The third-order valence-corrected chi connectivity index (χ3v) is 5.04. The van der Waals surface area contributed by atoms with E-state index < -0.39 is 47.9 Å². The number of carboxylic acid groups (broad SMARTS) is 2. The Morgan fingerprint density at radius 3 is 1.16 bits per heavy atom. The van der Waals surface area contributed by atoms with Crippen LogP contribution in [-0.2, 0) is 28.7 Å². The van der Waals surface area contributed by atoms with E-state index in [2.05, 4.69) is 13.8 Å². The van der Waals surface area contributed by atoms with Gasteiger partial charge in [-0.3, -0.25) is 9.59 Å². The van der Waals surface area contributed by atoms with Crippen molar-refractivity contribution in [2.75, 3.05) is 13.2 Å². The molecule has 0 aliphatic heterocycles. The predicted molar refractivity (Wildman–Crippen MR) is 120 cm³/mol. The van der Waals surface area contributed by atoms with Gasteiger partial charge in [-0.2, -0.15) is 0 Å². The molecule has 0 aromatic heterocycles. The molecule has 0 amide bonds. The fourth-order valence-electron chi connectivity index (χ4n) is 3.15. The molecule has 0 bridgehead atoms. The maximum absolute atomic E-state index is 12.0. The molecule has 32 heavy (non-hydrogen) atoms. The van der Waals surface area contributed by atoms with Crippen molar-refractivity contribution in [1.29, 1.82) is 0 Å². The number of carbonyl (C=O) groups excluding carboxylic acids is 2. The van der Waals surface area contributed by atoms with Crippen molar-refractivity contribution >= 4 is 23.9 Å². The molecule has 8 heteroatoms. The lowest BCUT2D eigenvalue weighted by atomic mass is 10.0. The van der Waals surface area contributed by atoms with E-state index in [-0.39, 0.29) is 13.2 Å². The van der Waals surface area contributed by atoms with Crippen molar-refractivity contribution < 1.29 is 38.9 Å². The maximum atomic E-state index is 12.0. The summed E-state index contributed by atoms with van der Waals surface area (Å²) in [4.78, 5) is 47.1. The minimum atomic E-state index is -1.57. The van der Waals surface area contributed by atoms with Crippen LogP contribution in [0.5, 0.6) is 0 Å². The lowest BCUT2D eigenvalue weighted by Crippen LogP contribution is -2.19. The Hall–Kier alpha value is -2.38. The number of aliphatic carboxylic acids is 2. The average Bonchev–Trinajstić information content (AvgIpc) is 2.74. The molecule has 0 aromatic carbocycles. The van der Waals surface area contributed by atoms with E-state index in [4.69, 9.17) is 9.47 Å². The van der Waals surface area contributed by atoms with Crippen LogP contribution in [0, 0.1) is 0 Å². The molecule has 0 radical (unpaired) electrons. The summed E-state index contributed by atoms with van der Waals surface area (Å²) in [6.07, 6.45) is 10.6. The van der Waals surface area contributed by atoms with E-state index in [1.54, 1.807) is 0 Å². The number of unbranched alkanes of at least 4 members (excludes halogenated alkanes) is 10. The Bertz CT molecular complexity index is 557. The summed E-state index contributed by atoms with van der Waals surface area (Å²) in [5.74, 6) is -4.78. The molecule has 0 rings (SSSR count). The molecule has 0 atom stereocenters. The van der Waals surface area contributed by atoms with Gasteiger partial charge in [0.15, 0.2) is 0 Å². The second-order valence-electron chi connectivity index (χ2n) is 7.90. The molecular formula is C24H40O8. The van der Waals surface area contributed by atoms with Crippen molar-refractivity contribution in [1.82, 2.24) is 0 Å². The van der Waals surface area contributed by atoms with Gasteiger partial charge in [0, 0.05) is 0 Å². The van der Waals surface area contributed by atoms with E-state index in [1.165, 1.54) is 0 Å². The average molecular weight is 457 g/mol. The first-order chi connectivity index (χ1) is 15.3. The molecule has 0 saturated carbocycles. The first kappa shape index (κ1) is 29.6. The third kappa shape index (κ3) is 15.4. The summed E-state index contributed by atoms with van der Waals surface area (Å²) in [5, 5.41) is 18.8. The second-order valence-corrected chi connectivity index (χ2v) is 7.90. The molecule has 184 valence electrons. The number of rotatable bonds is 20. The fourth-order valence-corrected chi connectivity index (χ4v) is 3.15. The minimum Gasteiger partial charge on any atom is -0.478 e. The topological polar surface area (TPSA) is 127 Å². The van der Waals surface area contributed by atoms with Crippen molar-refractivity contribution in [2.24, 2.45) is 0 Å². The highest BCUT2D eigenvalue weighted by Gasteiger charge is 2.26. The van der Waals surface area contributed by atoms with Crippen molar-refractivity contribution in [3.63, 3.8) is 0 Å². The van der Waals surface area contributed by atoms with Gasteiger partial charge in [0.25, 0.3) is 0 Å². The molecule has 8 nitrogen and oxygen atoms in total. The Morgan fingerprint density at radius 1 is 0.531 bits per heavy atom. The zero-order valence-electron chi connectivity index (χ0n) is 19.7. The summed E-state index contributed by atoms with van der Waals surface area (Å²) < 4.78 is 10.1. The smallest absolute Gasteiger partial charge is 0.332 e. The van der Waals surface area contributed by atoms with Crippen LogP contribution in [-0.4, -0.2) is 47.3 Å². The molecule has 0 aliphatic carbocycles. The van der Waals surface area contributed by atoms with Gasteiger partial charge in [-0.25, -0.2) is 9.59 Å². The van der Waals surface area contributed by atoms with E-state index in [0.717, 1.165) is 64.2 Å². The largest absolute Gasteiger partial charge is 0.478 e. The van der Waals surface area contributed by atoms with E-state index in [9.17, 15) is 29.4 Å². The lowest BCUT2D eigenvalue weighted by Gasteiger charge is -2.10. The van der Waals surface area contributed by atoms with Crippen LogP contribution in [0.25, 0.3) is 0 Å². The number of hydrogen-bond acceptors (Lipinski definition) is 6. The zero-order chi connectivity index (χ0) is 24.2. The first-order valence-electron chi connectivity index (χ1n) is 11.8. The van der Waals surface area contributed by atoms with Crippen LogP contribution in [0.3, 0.4) is 0 Å². The number of esters is 2. The molecule has 0 saturated heterocycles. The second kappa shape index (κ2) is 19.3. The van der Waals surface area contributed by atoms with Crippen LogP contribution in [0.1, 0.15) is 104 Å². The minimum absolute atomic E-state index is 0.153. The highest BCUT2D eigenvalue weighted by atomic mass is 16.5. The summed E-state index contributed by atoms with van der Waals surface area (Å²) in [6, 6.07) is 0. The molecular weight excluding hydrogens is 416 g/mol. The SMILES string of the molecule is CCCCCCCCOC(=O)CC(C(=O)O)=C(CC(=O)OCCCCCCCC)C(=O)O. The van der Waals surface area contributed by atoms with Crippen LogP contribution < -0.4 is 0 Å². The van der Waals surface area contributed by atoms with Gasteiger partial charge >= 0.3 is 23.9 Å². The molecule has 0 spiro atoms. The summed E-state index contributed by atoms with van der Waals surface area (Å²) in [5.41, 5.74) is -1.30.